The predicted octanol–water partition coefficient (Wildman–Crippen LogP) is 3.36. The highest BCUT2D eigenvalue weighted by Crippen LogP contribution is 2.44. The third kappa shape index (κ3) is 5.61. The second kappa shape index (κ2) is 7.12. The fraction of sp³-hybridized carbons (Fsp3) is 0.938. The zero-order valence-electron chi connectivity index (χ0n) is 13.8. The molecule has 3 unspecified atom stereocenters. The minimum atomic E-state index is -2.95. The Morgan fingerprint density at radius 3 is 2.33 bits per heavy atom. The maximum absolute atomic E-state index is 11.6. The molecule has 5 heteroatoms. The zero-order valence-corrected chi connectivity index (χ0v) is 14.6. The average Bonchev–Trinajstić information content (AvgIpc) is 2.37. The Kier molecular flexibility index (Phi) is 6.26. The molecule has 1 saturated carbocycles. The Bertz CT molecular complexity index is 447. The van der Waals surface area contributed by atoms with Gasteiger partial charge in [-0.3, -0.25) is 4.79 Å². The van der Waals surface area contributed by atoms with Crippen LogP contribution in [-0.4, -0.2) is 31.0 Å². The van der Waals surface area contributed by atoms with Gasteiger partial charge in [-0.05, 0) is 49.4 Å². The van der Waals surface area contributed by atoms with Crippen LogP contribution in [0.2, 0.25) is 0 Å². The molecule has 1 aliphatic carbocycles. The van der Waals surface area contributed by atoms with Crippen molar-refractivity contribution in [3.63, 3.8) is 0 Å². The van der Waals surface area contributed by atoms with Crippen LogP contribution in [0.25, 0.3) is 0 Å². The molecule has 0 bridgehead atoms. The normalized spacial score (nSPS) is 27.5. The van der Waals surface area contributed by atoms with E-state index in [4.69, 9.17) is 0 Å². The third-order valence-electron chi connectivity index (χ3n) is 4.99. The van der Waals surface area contributed by atoms with Gasteiger partial charge in [-0.2, -0.15) is 0 Å². The summed E-state index contributed by atoms with van der Waals surface area (Å²) in [6.45, 7) is 8.28. The van der Waals surface area contributed by atoms with E-state index in [1.54, 1.807) is 6.92 Å². The molecule has 0 saturated heterocycles. The largest absolute Gasteiger partial charge is 0.481 e. The monoisotopic (exact) mass is 318 g/mol. The van der Waals surface area contributed by atoms with Crippen LogP contribution in [0.1, 0.15) is 59.8 Å². The lowest BCUT2D eigenvalue weighted by atomic mass is 9.64. The van der Waals surface area contributed by atoms with Crippen LogP contribution in [0.3, 0.4) is 0 Å². The molecule has 1 aliphatic rings. The fourth-order valence-electron chi connectivity index (χ4n) is 3.40. The molecule has 0 spiro atoms. The second-order valence-electron chi connectivity index (χ2n) is 7.46. The van der Waals surface area contributed by atoms with Gasteiger partial charge >= 0.3 is 5.97 Å². The van der Waals surface area contributed by atoms with Crippen LogP contribution < -0.4 is 0 Å². The molecule has 21 heavy (non-hydrogen) atoms. The van der Waals surface area contributed by atoms with Crippen molar-refractivity contribution in [3.05, 3.63) is 0 Å². The summed E-state index contributed by atoms with van der Waals surface area (Å²) >= 11 is 0. The maximum atomic E-state index is 11.6. The number of carbonyl (C=O) groups is 1. The highest BCUT2D eigenvalue weighted by atomic mass is 32.2. The van der Waals surface area contributed by atoms with Crippen LogP contribution >= 0.6 is 0 Å². The predicted molar refractivity (Wildman–Crippen MR) is 85.0 cm³/mol. The lowest BCUT2D eigenvalue weighted by Gasteiger charge is -2.40. The van der Waals surface area contributed by atoms with Crippen molar-refractivity contribution in [3.8, 4) is 0 Å². The summed E-state index contributed by atoms with van der Waals surface area (Å²) in [6, 6.07) is 0. The molecular weight excluding hydrogens is 288 g/mol. The summed E-state index contributed by atoms with van der Waals surface area (Å²) in [5, 5.41) is 9.38. The van der Waals surface area contributed by atoms with Crippen molar-refractivity contribution in [2.45, 2.75) is 59.8 Å². The van der Waals surface area contributed by atoms with Gasteiger partial charge in [-0.15, -0.1) is 0 Å². The quantitative estimate of drug-likeness (QED) is 0.815. The van der Waals surface area contributed by atoms with Crippen molar-refractivity contribution in [1.82, 2.24) is 0 Å². The first-order valence-corrected chi connectivity index (χ1v) is 9.82. The van der Waals surface area contributed by atoms with E-state index in [2.05, 4.69) is 20.8 Å². The molecule has 0 aromatic heterocycles. The summed E-state index contributed by atoms with van der Waals surface area (Å²) < 4.78 is 23.1. The smallest absolute Gasteiger partial charge is 0.306 e. The van der Waals surface area contributed by atoms with E-state index >= 15 is 0 Å². The molecule has 4 nitrogen and oxygen atoms in total. The summed E-state index contributed by atoms with van der Waals surface area (Å²) in [5.74, 6) is -0.0102. The van der Waals surface area contributed by atoms with Crippen molar-refractivity contribution in [1.29, 1.82) is 0 Å². The molecule has 0 aliphatic heterocycles. The van der Waals surface area contributed by atoms with Crippen LogP contribution in [0.5, 0.6) is 0 Å². The van der Waals surface area contributed by atoms with Crippen molar-refractivity contribution < 1.29 is 18.3 Å². The molecule has 3 atom stereocenters. The summed E-state index contributed by atoms with van der Waals surface area (Å²) in [6.07, 6.45) is 3.89. The van der Waals surface area contributed by atoms with Gasteiger partial charge in [0.1, 0.15) is 9.84 Å². The Morgan fingerprint density at radius 2 is 1.86 bits per heavy atom. The molecule has 0 radical (unpaired) electrons. The van der Waals surface area contributed by atoms with Crippen LogP contribution in [-0.2, 0) is 14.6 Å². The zero-order chi connectivity index (χ0) is 16.3. The van der Waals surface area contributed by atoms with E-state index in [9.17, 15) is 18.3 Å². The van der Waals surface area contributed by atoms with E-state index < -0.39 is 15.8 Å². The van der Waals surface area contributed by atoms with Crippen molar-refractivity contribution >= 4 is 15.8 Å². The highest BCUT2D eigenvalue weighted by molar-refractivity contribution is 7.91. The van der Waals surface area contributed by atoms with Gasteiger partial charge in [0.05, 0.1) is 11.7 Å². The molecule has 0 aromatic rings. The molecule has 1 N–H and O–H groups in total. The Balaban J connectivity index is 2.66. The van der Waals surface area contributed by atoms with E-state index in [1.807, 2.05) is 0 Å². The second-order valence-corrected chi connectivity index (χ2v) is 9.93. The Labute approximate surface area is 129 Å². The molecule has 0 amide bonds. The topological polar surface area (TPSA) is 71.4 Å². The Morgan fingerprint density at radius 1 is 1.24 bits per heavy atom. The van der Waals surface area contributed by atoms with E-state index in [1.165, 1.54) is 0 Å². The number of aliphatic carboxylic acids is 1. The number of rotatable bonds is 6. The third-order valence-corrected chi connectivity index (χ3v) is 6.78. The van der Waals surface area contributed by atoms with E-state index in [0.717, 1.165) is 19.3 Å². The molecular formula is C16H30O4S. The number of carboxylic acid groups (broad SMARTS) is 1. The SMILES string of the molecule is CCS(=O)(=O)CCCC1CC(C(C)(C)C)CCC1C(=O)O. The average molecular weight is 318 g/mol. The maximum Gasteiger partial charge on any atom is 0.306 e. The van der Waals surface area contributed by atoms with Crippen molar-refractivity contribution in [2.75, 3.05) is 11.5 Å². The van der Waals surface area contributed by atoms with Crippen molar-refractivity contribution in [2.24, 2.45) is 23.2 Å². The van der Waals surface area contributed by atoms with E-state index in [-0.39, 0.29) is 28.8 Å². The lowest BCUT2D eigenvalue weighted by molar-refractivity contribution is -0.146. The van der Waals surface area contributed by atoms with Gasteiger partial charge in [-0.25, -0.2) is 8.42 Å². The van der Waals surface area contributed by atoms with Gasteiger partial charge in [-0.1, -0.05) is 27.7 Å². The molecule has 0 heterocycles. The first kappa shape index (κ1) is 18.5. The standard InChI is InChI=1S/C16H30O4S/c1-5-21(19,20)10-6-7-12-11-13(16(2,3)4)8-9-14(12)15(17)18/h12-14H,5-11H2,1-4H3,(H,17,18). The number of hydrogen-bond acceptors (Lipinski definition) is 3. The highest BCUT2D eigenvalue weighted by Gasteiger charge is 2.38. The first-order chi connectivity index (χ1) is 9.57. The summed E-state index contributed by atoms with van der Waals surface area (Å²) in [5.41, 5.74) is 0.192. The molecule has 1 fully saturated rings. The number of carboxylic acids is 1. The van der Waals surface area contributed by atoms with Crippen LogP contribution in [0.15, 0.2) is 0 Å². The van der Waals surface area contributed by atoms with Gasteiger partial charge in [0, 0.05) is 5.75 Å². The number of sulfone groups is 1. The Hall–Kier alpha value is -0.580. The lowest BCUT2D eigenvalue weighted by Crippen LogP contribution is -2.35. The van der Waals surface area contributed by atoms with Crippen LogP contribution in [0, 0.1) is 23.2 Å². The van der Waals surface area contributed by atoms with Gasteiger partial charge in [0.25, 0.3) is 0 Å². The fourth-order valence-corrected chi connectivity index (χ4v) is 4.30. The molecule has 1 rings (SSSR count). The summed E-state index contributed by atoms with van der Waals surface area (Å²) in [4.78, 5) is 11.4. The minimum Gasteiger partial charge on any atom is -0.481 e. The first-order valence-electron chi connectivity index (χ1n) is 8.00. The molecule has 124 valence electrons. The van der Waals surface area contributed by atoms with Crippen LogP contribution in [0.4, 0.5) is 0 Å². The minimum absolute atomic E-state index is 0.118. The van der Waals surface area contributed by atoms with Gasteiger partial charge in [0.15, 0.2) is 0 Å². The van der Waals surface area contributed by atoms with Gasteiger partial charge < -0.3 is 5.11 Å². The number of hydrogen-bond donors (Lipinski definition) is 1. The van der Waals surface area contributed by atoms with Gasteiger partial charge in [0.2, 0.25) is 0 Å². The summed E-state index contributed by atoms with van der Waals surface area (Å²) in [7, 11) is -2.95. The van der Waals surface area contributed by atoms with E-state index in [0.29, 0.717) is 18.8 Å². The molecule has 0 aromatic carbocycles.